The van der Waals surface area contributed by atoms with E-state index >= 15 is 0 Å². The van der Waals surface area contributed by atoms with E-state index in [0.717, 1.165) is 17.1 Å². The van der Waals surface area contributed by atoms with Gasteiger partial charge in [-0.1, -0.05) is 24.3 Å². The first kappa shape index (κ1) is 18.1. The Balaban J connectivity index is 1.78. The van der Waals surface area contributed by atoms with Crippen LogP contribution in [0.25, 0.3) is 0 Å². The molecule has 0 unspecified atom stereocenters. The Morgan fingerprint density at radius 3 is 2.33 bits per heavy atom. The number of benzene rings is 2. The summed E-state index contributed by atoms with van der Waals surface area (Å²) in [5.41, 5.74) is 3.36. The molecule has 0 fully saturated rings. The summed E-state index contributed by atoms with van der Waals surface area (Å²) >= 11 is 0. The second kappa shape index (κ2) is 8.14. The minimum Gasteiger partial charge on any atom is -0.355 e. The summed E-state index contributed by atoms with van der Waals surface area (Å²) in [7, 11) is 1.72. The van der Waals surface area contributed by atoms with Crippen molar-refractivity contribution in [3.05, 3.63) is 78.6 Å². The van der Waals surface area contributed by atoms with Crippen LogP contribution >= 0.6 is 0 Å². The van der Waals surface area contributed by atoms with Crippen molar-refractivity contribution in [3.63, 3.8) is 0 Å². The van der Waals surface area contributed by atoms with Crippen LogP contribution in [0.15, 0.2) is 72.9 Å². The fourth-order valence-electron chi connectivity index (χ4n) is 2.61. The Morgan fingerprint density at radius 2 is 1.59 bits per heavy atom. The first-order valence-corrected chi connectivity index (χ1v) is 8.47. The Morgan fingerprint density at radius 1 is 0.889 bits per heavy atom. The normalized spacial score (nSPS) is 10.1. The van der Waals surface area contributed by atoms with Gasteiger partial charge in [0.15, 0.2) is 0 Å². The molecule has 0 spiro atoms. The number of carbonyl (C=O) groups excluding carboxylic acids is 2. The highest BCUT2D eigenvalue weighted by Gasteiger charge is 2.15. The van der Waals surface area contributed by atoms with Crippen molar-refractivity contribution >= 4 is 34.6 Å². The molecule has 27 heavy (non-hydrogen) atoms. The molecule has 2 aromatic carbocycles. The van der Waals surface area contributed by atoms with E-state index in [1.54, 1.807) is 30.3 Å². The largest absolute Gasteiger partial charge is 0.355 e. The molecule has 2 amide bonds. The molecule has 136 valence electrons. The minimum atomic E-state index is -0.197. The van der Waals surface area contributed by atoms with Crippen LogP contribution in [0.4, 0.5) is 22.7 Å². The zero-order chi connectivity index (χ0) is 19.2. The Labute approximate surface area is 157 Å². The Bertz CT molecular complexity index is 957. The van der Waals surface area contributed by atoms with E-state index < -0.39 is 0 Å². The van der Waals surface area contributed by atoms with E-state index in [1.807, 2.05) is 54.6 Å². The zero-order valence-corrected chi connectivity index (χ0v) is 15.1. The topological polar surface area (TPSA) is 74.3 Å². The average molecular weight is 360 g/mol. The third-order valence-corrected chi connectivity index (χ3v) is 3.90. The third-order valence-electron chi connectivity index (χ3n) is 3.90. The van der Waals surface area contributed by atoms with Crippen LogP contribution in [0.1, 0.15) is 17.4 Å². The van der Waals surface area contributed by atoms with E-state index in [4.69, 9.17) is 0 Å². The molecule has 3 rings (SSSR count). The van der Waals surface area contributed by atoms with E-state index in [9.17, 15) is 9.59 Å². The molecule has 0 bridgehead atoms. The lowest BCUT2D eigenvalue weighted by Gasteiger charge is -2.17. The van der Waals surface area contributed by atoms with Crippen molar-refractivity contribution in [1.29, 1.82) is 0 Å². The van der Waals surface area contributed by atoms with Gasteiger partial charge in [0, 0.05) is 42.9 Å². The molecule has 0 radical (unpaired) electrons. The third kappa shape index (κ3) is 4.70. The molecule has 2 N–H and O–H groups in total. The summed E-state index contributed by atoms with van der Waals surface area (Å²) in [5, 5.41) is 5.97. The van der Waals surface area contributed by atoms with Crippen LogP contribution in [0.3, 0.4) is 0 Å². The second-order valence-electron chi connectivity index (χ2n) is 6.02. The number of hydrogen-bond acceptors (Lipinski definition) is 4. The van der Waals surface area contributed by atoms with Gasteiger partial charge in [0.25, 0.3) is 5.91 Å². The molecule has 1 aromatic heterocycles. The van der Waals surface area contributed by atoms with Crippen molar-refractivity contribution in [2.45, 2.75) is 6.92 Å². The second-order valence-corrected chi connectivity index (χ2v) is 6.02. The van der Waals surface area contributed by atoms with Gasteiger partial charge in [-0.2, -0.15) is 0 Å². The number of pyridine rings is 1. The monoisotopic (exact) mass is 360 g/mol. The number of aromatic nitrogens is 1. The van der Waals surface area contributed by atoms with Crippen molar-refractivity contribution in [2.24, 2.45) is 0 Å². The number of nitrogens with one attached hydrogen (secondary N) is 2. The van der Waals surface area contributed by atoms with Crippen molar-refractivity contribution in [3.8, 4) is 0 Å². The van der Waals surface area contributed by atoms with E-state index in [1.165, 1.54) is 6.92 Å². The number of anilines is 4. The first-order chi connectivity index (χ1) is 13.0. The lowest BCUT2D eigenvalue weighted by atomic mass is 10.2. The van der Waals surface area contributed by atoms with Crippen LogP contribution in [0, 0.1) is 0 Å². The Kier molecular flexibility index (Phi) is 5.47. The molecule has 1 heterocycles. The summed E-state index contributed by atoms with van der Waals surface area (Å²) in [6.07, 6.45) is 1.59. The van der Waals surface area contributed by atoms with Crippen molar-refractivity contribution < 1.29 is 9.59 Å². The van der Waals surface area contributed by atoms with Crippen LogP contribution in [-0.4, -0.2) is 23.8 Å². The highest BCUT2D eigenvalue weighted by atomic mass is 16.2. The molecular formula is C21H20N4O2. The smallest absolute Gasteiger partial charge is 0.276 e. The maximum absolute atomic E-state index is 12.7. The molecule has 0 saturated heterocycles. The maximum Gasteiger partial charge on any atom is 0.276 e. The molecular weight excluding hydrogens is 340 g/mol. The minimum absolute atomic E-state index is 0.132. The standard InChI is InChI=1S/C21H20N4O2/c1-15(26)23-16-7-6-8-17(13-16)24-18-11-12-22-20(14-18)21(27)25(2)19-9-4-3-5-10-19/h3-14H,1-2H3,(H,22,24)(H,23,26). The van der Waals surface area contributed by atoms with Crippen molar-refractivity contribution in [2.75, 3.05) is 22.6 Å². The van der Waals surface area contributed by atoms with Gasteiger partial charge < -0.3 is 15.5 Å². The fourth-order valence-corrected chi connectivity index (χ4v) is 2.61. The lowest BCUT2D eigenvalue weighted by molar-refractivity contribution is -0.114. The summed E-state index contributed by atoms with van der Waals surface area (Å²) in [5.74, 6) is -0.329. The van der Waals surface area contributed by atoms with E-state index in [2.05, 4.69) is 15.6 Å². The van der Waals surface area contributed by atoms with Crippen LogP contribution in [0.2, 0.25) is 0 Å². The van der Waals surface area contributed by atoms with Crippen molar-refractivity contribution in [1.82, 2.24) is 4.98 Å². The van der Waals surface area contributed by atoms with Gasteiger partial charge in [-0.25, -0.2) is 0 Å². The summed E-state index contributed by atoms with van der Waals surface area (Å²) in [4.78, 5) is 29.7. The molecule has 6 heteroatoms. The van der Waals surface area contributed by atoms with Gasteiger partial charge in [0.05, 0.1) is 0 Å². The molecule has 0 atom stereocenters. The van der Waals surface area contributed by atoms with Crippen LogP contribution in [-0.2, 0) is 4.79 Å². The van der Waals surface area contributed by atoms with Gasteiger partial charge in [-0.05, 0) is 42.5 Å². The average Bonchev–Trinajstić information content (AvgIpc) is 2.67. The number of nitrogens with zero attached hydrogens (tertiary/aromatic N) is 2. The summed E-state index contributed by atoms with van der Waals surface area (Å²) in [6.45, 7) is 1.46. The molecule has 3 aromatic rings. The van der Waals surface area contributed by atoms with Gasteiger partial charge in [0.2, 0.25) is 5.91 Å². The zero-order valence-electron chi connectivity index (χ0n) is 15.1. The molecule has 0 saturated carbocycles. The van der Waals surface area contributed by atoms with Gasteiger partial charge in [-0.15, -0.1) is 0 Å². The molecule has 6 nitrogen and oxygen atoms in total. The van der Waals surface area contributed by atoms with Crippen LogP contribution < -0.4 is 15.5 Å². The molecule has 0 aliphatic carbocycles. The maximum atomic E-state index is 12.7. The van der Waals surface area contributed by atoms with Crippen LogP contribution in [0.5, 0.6) is 0 Å². The summed E-state index contributed by atoms with van der Waals surface area (Å²) in [6, 6.07) is 20.2. The first-order valence-electron chi connectivity index (χ1n) is 8.47. The lowest BCUT2D eigenvalue weighted by Crippen LogP contribution is -2.27. The molecule has 0 aliphatic rings. The number of para-hydroxylation sites is 1. The predicted octanol–water partition coefficient (Wildman–Crippen LogP) is 4.06. The quantitative estimate of drug-likeness (QED) is 0.719. The van der Waals surface area contributed by atoms with Gasteiger partial charge in [0.1, 0.15) is 5.69 Å². The number of carbonyl (C=O) groups is 2. The number of amides is 2. The number of rotatable bonds is 5. The highest BCUT2D eigenvalue weighted by Crippen LogP contribution is 2.21. The number of hydrogen-bond donors (Lipinski definition) is 2. The fraction of sp³-hybridized carbons (Fsp3) is 0.0952. The molecule has 0 aliphatic heterocycles. The summed E-state index contributed by atoms with van der Waals surface area (Å²) < 4.78 is 0. The Hall–Kier alpha value is -3.67. The predicted molar refractivity (Wildman–Crippen MR) is 107 cm³/mol. The SMILES string of the molecule is CC(=O)Nc1cccc(Nc2ccnc(C(=O)N(C)c3ccccc3)c2)c1. The van der Waals surface area contributed by atoms with E-state index in [0.29, 0.717) is 11.4 Å². The van der Waals surface area contributed by atoms with Gasteiger partial charge >= 0.3 is 0 Å². The highest BCUT2D eigenvalue weighted by molar-refractivity contribution is 6.04. The van der Waals surface area contributed by atoms with Gasteiger partial charge in [-0.3, -0.25) is 14.6 Å². The van der Waals surface area contributed by atoms with E-state index in [-0.39, 0.29) is 11.8 Å².